The van der Waals surface area contributed by atoms with E-state index in [1.165, 1.54) is 44.4 Å². The minimum Gasteiger partial charge on any atom is -0.494 e. The topological polar surface area (TPSA) is 113 Å². The summed E-state index contributed by atoms with van der Waals surface area (Å²) >= 11 is 6.23. The summed E-state index contributed by atoms with van der Waals surface area (Å²) in [6.45, 7) is 0.884. The van der Waals surface area contributed by atoms with Gasteiger partial charge in [0.1, 0.15) is 21.8 Å². The Morgan fingerprint density at radius 3 is 2.61 bits per heavy atom. The van der Waals surface area contributed by atoms with E-state index in [2.05, 4.69) is 0 Å². The highest BCUT2D eigenvalue weighted by molar-refractivity contribution is 8.26. The Morgan fingerprint density at radius 2 is 2.00 bits per heavy atom. The molecule has 1 aliphatic heterocycles. The quantitative estimate of drug-likeness (QED) is 0.360. The third-order valence-corrected chi connectivity index (χ3v) is 6.32. The molecular weight excluding hydrogens is 469 g/mol. The van der Waals surface area contributed by atoms with Crippen LogP contribution in [-0.4, -0.2) is 50.8 Å². The van der Waals surface area contributed by atoms with E-state index >= 15 is 0 Å². The first-order valence-corrected chi connectivity index (χ1v) is 10.8. The first-order chi connectivity index (χ1) is 15.7. The Bertz CT molecular complexity index is 1280. The number of aromatic nitrogens is 1. The second-order valence-corrected chi connectivity index (χ2v) is 8.68. The largest absolute Gasteiger partial charge is 0.494 e. The van der Waals surface area contributed by atoms with Crippen molar-refractivity contribution in [3.63, 3.8) is 0 Å². The maximum atomic E-state index is 13.1. The smallest absolute Gasteiger partial charge is 0.271 e. The van der Waals surface area contributed by atoms with Gasteiger partial charge in [0.15, 0.2) is 5.78 Å². The standard InChI is InChI=1S/C22H18FN3O5S2/c1-12-15(10-24)19(28)25(7-8-31-2)21(30)18(12)16(27)11-26-20(29)17(33-22(26)32)9-13-3-5-14(23)6-4-13/h3-6,9,30H,7-8,11H2,1-2H3/b17-9-. The van der Waals surface area contributed by atoms with Crippen molar-refractivity contribution in [3.8, 4) is 11.9 Å². The van der Waals surface area contributed by atoms with Crippen molar-refractivity contribution in [1.82, 2.24) is 9.47 Å². The lowest BCUT2D eigenvalue weighted by atomic mass is 10.0. The number of benzene rings is 1. The molecule has 0 radical (unpaired) electrons. The third kappa shape index (κ3) is 4.88. The fraction of sp³-hybridized carbons (Fsp3) is 0.227. The third-order valence-electron chi connectivity index (χ3n) is 4.94. The van der Waals surface area contributed by atoms with Crippen LogP contribution in [0.15, 0.2) is 34.0 Å². The molecule has 2 aromatic rings. The lowest BCUT2D eigenvalue weighted by Crippen LogP contribution is -2.35. The van der Waals surface area contributed by atoms with Gasteiger partial charge in [-0.25, -0.2) is 4.39 Å². The number of aromatic hydroxyl groups is 1. The number of methoxy groups -OCH3 is 1. The molecule has 2 heterocycles. The van der Waals surface area contributed by atoms with Crippen LogP contribution in [0.1, 0.15) is 27.0 Å². The first-order valence-electron chi connectivity index (χ1n) is 9.59. The van der Waals surface area contributed by atoms with E-state index in [-0.39, 0.29) is 39.1 Å². The zero-order valence-corrected chi connectivity index (χ0v) is 19.3. The zero-order valence-electron chi connectivity index (χ0n) is 17.6. The van der Waals surface area contributed by atoms with E-state index < -0.39 is 35.5 Å². The molecule has 1 aliphatic rings. The summed E-state index contributed by atoms with van der Waals surface area (Å²) in [6.07, 6.45) is 1.53. The molecule has 0 unspecified atom stereocenters. The molecule has 1 fully saturated rings. The van der Waals surface area contributed by atoms with Gasteiger partial charge in [0.2, 0.25) is 5.88 Å². The number of Topliss-reactive ketones (excluding diaryl/α,β-unsaturated/α-hetero) is 1. The Labute approximate surface area is 197 Å². The highest BCUT2D eigenvalue weighted by Crippen LogP contribution is 2.33. The van der Waals surface area contributed by atoms with Crippen LogP contribution in [0.2, 0.25) is 0 Å². The van der Waals surface area contributed by atoms with Crippen LogP contribution in [0.3, 0.4) is 0 Å². The number of thioether (sulfide) groups is 1. The molecule has 1 aromatic heterocycles. The second-order valence-electron chi connectivity index (χ2n) is 7.00. The highest BCUT2D eigenvalue weighted by Gasteiger charge is 2.35. The number of ketones is 1. The first kappa shape index (κ1) is 24.3. The number of pyridine rings is 1. The Kier molecular flexibility index (Phi) is 7.43. The van der Waals surface area contributed by atoms with Crippen molar-refractivity contribution < 1.29 is 23.8 Å². The molecule has 1 saturated heterocycles. The van der Waals surface area contributed by atoms with E-state index in [0.717, 1.165) is 21.2 Å². The van der Waals surface area contributed by atoms with Gasteiger partial charge in [0, 0.05) is 7.11 Å². The van der Waals surface area contributed by atoms with Crippen molar-refractivity contribution in [3.05, 3.63) is 67.6 Å². The number of carbonyl (C=O) groups is 2. The summed E-state index contributed by atoms with van der Waals surface area (Å²) in [5.41, 5.74) is -0.659. The number of halogens is 1. The number of rotatable bonds is 7. The maximum absolute atomic E-state index is 13.1. The van der Waals surface area contributed by atoms with E-state index in [9.17, 15) is 29.1 Å². The number of hydrogen-bond donors (Lipinski definition) is 1. The Morgan fingerprint density at radius 1 is 1.33 bits per heavy atom. The van der Waals surface area contributed by atoms with Crippen LogP contribution >= 0.6 is 24.0 Å². The molecule has 0 spiro atoms. The van der Waals surface area contributed by atoms with Gasteiger partial charge in [-0.05, 0) is 36.3 Å². The van der Waals surface area contributed by atoms with Crippen LogP contribution in [0, 0.1) is 24.1 Å². The fourth-order valence-corrected chi connectivity index (χ4v) is 4.50. The number of nitrogens with zero attached hydrogens (tertiary/aromatic N) is 3. The molecule has 1 aromatic carbocycles. The zero-order chi connectivity index (χ0) is 24.3. The summed E-state index contributed by atoms with van der Waals surface area (Å²) in [5, 5.41) is 20.0. The average molecular weight is 488 g/mol. The number of amides is 1. The van der Waals surface area contributed by atoms with E-state index in [1.54, 1.807) is 6.07 Å². The van der Waals surface area contributed by atoms with E-state index in [0.29, 0.717) is 5.56 Å². The van der Waals surface area contributed by atoms with Crippen LogP contribution in [0.5, 0.6) is 5.88 Å². The average Bonchev–Trinajstić information content (AvgIpc) is 3.03. The summed E-state index contributed by atoms with van der Waals surface area (Å²) in [5.74, 6) is -2.23. The monoisotopic (exact) mass is 487 g/mol. The maximum Gasteiger partial charge on any atom is 0.271 e. The van der Waals surface area contributed by atoms with Gasteiger partial charge in [-0.15, -0.1) is 0 Å². The van der Waals surface area contributed by atoms with Gasteiger partial charge in [0.25, 0.3) is 11.5 Å². The minimum atomic E-state index is -0.742. The molecule has 1 amide bonds. The van der Waals surface area contributed by atoms with Crippen molar-refractivity contribution >= 4 is 46.1 Å². The molecule has 8 nitrogen and oxygen atoms in total. The van der Waals surface area contributed by atoms with Gasteiger partial charge < -0.3 is 9.84 Å². The lowest BCUT2D eigenvalue weighted by molar-refractivity contribution is -0.121. The normalized spacial score (nSPS) is 14.7. The molecule has 1 N–H and O–H groups in total. The van der Waals surface area contributed by atoms with Gasteiger partial charge in [-0.1, -0.05) is 36.1 Å². The number of ether oxygens (including phenoxy) is 1. The second kappa shape index (κ2) is 10.1. The van der Waals surface area contributed by atoms with Gasteiger partial charge in [-0.3, -0.25) is 23.9 Å². The van der Waals surface area contributed by atoms with E-state index in [4.69, 9.17) is 17.0 Å². The summed E-state index contributed by atoms with van der Waals surface area (Å²) < 4.78 is 19.1. The van der Waals surface area contributed by atoms with Crippen LogP contribution < -0.4 is 5.56 Å². The Hall–Kier alpha value is -3.33. The summed E-state index contributed by atoms with van der Waals surface area (Å²) in [4.78, 5) is 39.8. The molecule has 0 atom stereocenters. The van der Waals surface area contributed by atoms with E-state index in [1.807, 2.05) is 0 Å². The number of thiocarbonyl (C=S) groups is 1. The van der Waals surface area contributed by atoms with Crippen molar-refractivity contribution in [2.24, 2.45) is 0 Å². The predicted molar refractivity (Wildman–Crippen MR) is 124 cm³/mol. The molecule has 11 heteroatoms. The van der Waals surface area contributed by atoms with Crippen molar-refractivity contribution in [1.29, 1.82) is 5.26 Å². The lowest BCUT2D eigenvalue weighted by Gasteiger charge is -2.18. The molecule has 33 heavy (non-hydrogen) atoms. The number of nitriles is 1. The van der Waals surface area contributed by atoms with Crippen molar-refractivity contribution in [2.45, 2.75) is 13.5 Å². The van der Waals surface area contributed by atoms with Crippen LogP contribution in [0.25, 0.3) is 6.08 Å². The molecule has 170 valence electrons. The molecule has 0 aliphatic carbocycles. The molecule has 0 bridgehead atoms. The summed E-state index contributed by atoms with van der Waals surface area (Å²) in [6, 6.07) is 7.28. The SMILES string of the molecule is COCCn1c(O)c(C(=O)CN2C(=O)/C(=C/c3ccc(F)cc3)SC2=S)c(C)c(C#N)c1=O. The predicted octanol–water partition coefficient (Wildman–Crippen LogP) is 2.60. The highest BCUT2D eigenvalue weighted by atomic mass is 32.2. The number of carbonyl (C=O) groups excluding carboxylic acids is 2. The van der Waals surface area contributed by atoms with Gasteiger partial charge in [0.05, 0.1) is 30.2 Å². The fourth-order valence-electron chi connectivity index (χ4n) is 3.24. The molecule has 0 saturated carbocycles. The molecular formula is C22H18FN3O5S2. The van der Waals surface area contributed by atoms with Gasteiger partial charge >= 0.3 is 0 Å². The summed E-state index contributed by atoms with van der Waals surface area (Å²) in [7, 11) is 1.40. The Balaban J connectivity index is 1.93. The van der Waals surface area contributed by atoms with Crippen molar-refractivity contribution in [2.75, 3.05) is 20.3 Å². The van der Waals surface area contributed by atoms with Gasteiger partial charge in [-0.2, -0.15) is 5.26 Å². The minimum absolute atomic E-state index is 0.0194. The number of hydrogen-bond acceptors (Lipinski definition) is 8. The molecule has 3 rings (SSSR count). The van der Waals surface area contributed by atoms with Crippen LogP contribution in [0.4, 0.5) is 4.39 Å². The van der Waals surface area contributed by atoms with Crippen LogP contribution in [-0.2, 0) is 16.1 Å².